The lowest BCUT2D eigenvalue weighted by Gasteiger charge is -2.28. The van der Waals surface area contributed by atoms with Gasteiger partial charge in [0.25, 0.3) is 0 Å². The molecule has 4 nitrogen and oxygen atoms in total. The smallest absolute Gasteiger partial charge is 0.303 e. The van der Waals surface area contributed by atoms with Crippen molar-refractivity contribution in [3.63, 3.8) is 0 Å². The summed E-state index contributed by atoms with van der Waals surface area (Å²) in [6.45, 7) is 3.04. The summed E-state index contributed by atoms with van der Waals surface area (Å²) in [7, 11) is 0. The van der Waals surface area contributed by atoms with E-state index in [4.69, 9.17) is 9.84 Å². The molecule has 0 spiro atoms. The first-order valence-electron chi connectivity index (χ1n) is 9.86. The van der Waals surface area contributed by atoms with Gasteiger partial charge in [-0.1, -0.05) is 25.0 Å². The number of ether oxygens (including phenoxy) is 1. The summed E-state index contributed by atoms with van der Waals surface area (Å²) in [4.78, 5) is 10.7. The van der Waals surface area contributed by atoms with E-state index in [0.29, 0.717) is 24.2 Å². The van der Waals surface area contributed by atoms with Crippen LogP contribution in [0.5, 0.6) is 5.75 Å². The molecule has 0 atom stereocenters. The Morgan fingerprint density at radius 2 is 1.64 bits per heavy atom. The van der Waals surface area contributed by atoms with Crippen molar-refractivity contribution in [2.45, 2.75) is 57.3 Å². The zero-order chi connectivity index (χ0) is 17.5. The molecule has 1 saturated heterocycles. The van der Waals surface area contributed by atoms with Gasteiger partial charge in [0.1, 0.15) is 5.75 Å². The monoisotopic (exact) mass is 345 g/mol. The average Bonchev–Trinajstić information content (AvgIpc) is 2.66. The third kappa shape index (κ3) is 5.74. The first kappa shape index (κ1) is 18.2. The molecular formula is C21H31NO3. The van der Waals surface area contributed by atoms with Crippen LogP contribution in [0, 0.1) is 11.8 Å². The van der Waals surface area contributed by atoms with E-state index in [9.17, 15) is 4.79 Å². The first-order chi connectivity index (χ1) is 12.2. The molecule has 25 heavy (non-hydrogen) atoms. The van der Waals surface area contributed by atoms with Crippen molar-refractivity contribution in [2.75, 3.05) is 19.7 Å². The summed E-state index contributed by atoms with van der Waals surface area (Å²) in [6, 6.07) is 8.70. The van der Waals surface area contributed by atoms with Crippen LogP contribution in [0.25, 0.3) is 0 Å². The largest absolute Gasteiger partial charge is 0.493 e. The summed E-state index contributed by atoms with van der Waals surface area (Å²) >= 11 is 0. The lowest BCUT2D eigenvalue weighted by atomic mass is 9.80. The van der Waals surface area contributed by atoms with Crippen molar-refractivity contribution in [1.82, 2.24) is 5.32 Å². The van der Waals surface area contributed by atoms with E-state index in [0.717, 1.165) is 57.6 Å². The molecule has 1 saturated carbocycles. The van der Waals surface area contributed by atoms with Crippen molar-refractivity contribution in [1.29, 1.82) is 0 Å². The molecule has 0 bridgehead atoms. The van der Waals surface area contributed by atoms with Crippen molar-refractivity contribution in [2.24, 2.45) is 11.8 Å². The van der Waals surface area contributed by atoms with Gasteiger partial charge in [-0.3, -0.25) is 4.79 Å². The average molecular weight is 345 g/mol. The summed E-state index contributed by atoms with van der Waals surface area (Å²) in [5.41, 5.74) is 1.44. The molecule has 1 aromatic carbocycles. The number of hydrogen-bond donors (Lipinski definition) is 2. The maximum Gasteiger partial charge on any atom is 0.303 e. The van der Waals surface area contributed by atoms with Crippen molar-refractivity contribution >= 4 is 5.97 Å². The molecule has 1 aliphatic carbocycles. The van der Waals surface area contributed by atoms with Crippen LogP contribution in [0.15, 0.2) is 24.3 Å². The van der Waals surface area contributed by atoms with Crippen molar-refractivity contribution in [3.8, 4) is 5.75 Å². The van der Waals surface area contributed by atoms with Gasteiger partial charge in [0.2, 0.25) is 0 Å². The number of carbonyl (C=O) groups is 1. The number of carboxylic acid groups (broad SMARTS) is 1. The SMILES string of the molecule is O=C(O)CCC1CCC(COc2ccc(C3CCNCC3)cc2)CC1. The first-order valence-corrected chi connectivity index (χ1v) is 9.86. The van der Waals surface area contributed by atoms with E-state index in [-0.39, 0.29) is 0 Å². The van der Waals surface area contributed by atoms with Gasteiger partial charge < -0.3 is 15.2 Å². The molecule has 138 valence electrons. The van der Waals surface area contributed by atoms with Crippen LogP contribution in [0.2, 0.25) is 0 Å². The standard InChI is InChI=1S/C21H31NO3/c23-21(24)10-5-16-1-3-17(4-2-16)15-25-20-8-6-18(7-9-20)19-11-13-22-14-12-19/h6-9,16-17,19,22H,1-5,10-15H2,(H,23,24). The molecule has 1 heterocycles. The lowest BCUT2D eigenvalue weighted by molar-refractivity contribution is -0.137. The van der Waals surface area contributed by atoms with Crippen LogP contribution in [0.3, 0.4) is 0 Å². The summed E-state index contributed by atoms with van der Waals surface area (Å²) < 4.78 is 6.01. The summed E-state index contributed by atoms with van der Waals surface area (Å²) in [5, 5.41) is 12.2. The Morgan fingerprint density at radius 1 is 1.00 bits per heavy atom. The minimum Gasteiger partial charge on any atom is -0.493 e. The Morgan fingerprint density at radius 3 is 2.28 bits per heavy atom. The fourth-order valence-electron chi connectivity index (χ4n) is 4.22. The molecule has 0 aromatic heterocycles. The molecule has 2 fully saturated rings. The summed E-state index contributed by atoms with van der Waals surface area (Å²) in [6.07, 6.45) is 8.23. The third-order valence-corrected chi connectivity index (χ3v) is 5.91. The van der Waals surface area contributed by atoms with Crippen molar-refractivity contribution in [3.05, 3.63) is 29.8 Å². The molecule has 0 unspecified atom stereocenters. The van der Waals surface area contributed by atoms with E-state index >= 15 is 0 Å². The number of aliphatic carboxylic acids is 1. The number of rotatable bonds is 7. The molecule has 4 heteroatoms. The van der Waals surface area contributed by atoms with E-state index in [1.54, 1.807) is 0 Å². The fraction of sp³-hybridized carbons (Fsp3) is 0.667. The number of hydrogen-bond acceptors (Lipinski definition) is 3. The fourth-order valence-corrected chi connectivity index (χ4v) is 4.22. The molecule has 0 radical (unpaired) electrons. The second-order valence-corrected chi connectivity index (χ2v) is 7.72. The van der Waals surface area contributed by atoms with E-state index in [1.807, 2.05) is 0 Å². The second kappa shape index (κ2) is 9.23. The van der Waals surface area contributed by atoms with Crippen LogP contribution in [-0.2, 0) is 4.79 Å². The highest BCUT2D eigenvalue weighted by molar-refractivity contribution is 5.66. The van der Waals surface area contributed by atoms with Crippen LogP contribution in [-0.4, -0.2) is 30.8 Å². The number of carboxylic acids is 1. The van der Waals surface area contributed by atoms with Crippen LogP contribution in [0.4, 0.5) is 0 Å². The van der Waals surface area contributed by atoms with Gasteiger partial charge in [0.05, 0.1) is 6.61 Å². The number of benzene rings is 1. The lowest BCUT2D eigenvalue weighted by Crippen LogP contribution is -2.26. The number of nitrogens with one attached hydrogen (secondary N) is 1. The molecule has 2 aliphatic rings. The molecular weight excluding hydrogens is 314 g/mol. The molecule has 3 rings (SSSR count). The van der Waals surface area contributed by atoms with Gasteiger partial charge in [-0.2, -0.15) is 0 Å². The highest BCUT2D eigenvalue weighted by atomic mass is 16.5. The second-order valence-electron chi connectivity index (χ2n) is 7.72. The molecule has 2 N–H and O–H groups in total. The topological polar surface area (TPSA) is 58.6 Å². The maximum absolute atomic E-state index is 10.7. The van der Waals surface area contributed by atoms with Crippen LogP contribution >= 0.6 is 0 Å². The Hall–Kier alpha value is -1.55. The van der Waals surface area contributed by atoms with Gasteiger partial charge in [-0.15, -0.1) is 0 Å². The van der Waals surface area contributed by atoms with Gasteiger partial charge >= 0.3 is 5.97 Å². The zero-order valence-corrected chi connectivity index (χ0v) is 15.1. The normalized spacial score (nSPS) is 24.8. The summed E-state index contributed by atoms with van der Waals surface area (Å²) in [5.74, 6) is 2.21. The Kier molecular flexibility index (Phi) is 6.74. The highest BCUT2D eigenvalue weighted by Gasteiger charge is 2.22. The Labute approximate surface area is 151 Å². The zero-order valence-electron chi connectivity index (χ0n) is 15.1. The molecule has 0 amide bonds. The minimum atomic E-state index is -0.668. The van der Waals surface area contributed by atoms with E-state index in [1.165, 1.54) is 18.4 Å². The third-order valence-electron chi connectivity index (χ3n) is 5.91. The predicted molar refractivity (Wildman–Crippen MR) is 99.1 cm³/mol. The quantitative estimate of drug-likeness (QED) is 0.777. The highest BCUT2D eigenvalue weighted by Crippen LogP contribution is 2.32. The Balaban J connectivity index is 1.38. The van der Waals surface area contributed by atoms with Gasteiger partial charge in [0, 0.05) is 6.42 Å². The molecule has 1 aliphatic heterocycles. The minimum absolute atomic E-state index is 0.315. The predicted octanol–water partition coefficient (Wildman–Crippen LogP) is 4.20. The van der Waals surface area contributed by atoms with Gasteiger partial charge in [-0.05, 0) is 80.6 Å². The van der Waals surface area contributed by atoms with Gasteiger partial charge in [-0.25, -0.2) is 0 Å². The maximum atomic E-state index is 10.7. The molecule has 1 aromatic rings. The van der Waals surface area contributed by atoms with Gasteiger partial charge in [0.15, 0.2) is 0 Å². The van der Waals surface area contributed by atoms with Crippen LogP contribution in [0.1, 0.15) is 62.8 Å². The van der Waals surface area contributed by atoms with Crippen molar-refractivity contribution < 1.29 is 14.6 Å². The van der Waals surface area contributed by atoms with E-state index < -0.39 is 5.97 Å². The Bertz CT molecular complexity index is 529. The van der Waals surface area contributed by atoms with Crippen LogP contribution < -0.4 is 10.1 Å². The number of piperidine rings is 1. The van der Waals surface area contributed by atoms with E-state index in [2.05, 4.69) is 29.6 Å².